The molecule has 0 fully saturated rings. The molecule has 1 N–H and O–H groups in total. The van der Waals surface area contributed by atoms with Crippen LogP contribution in [0.25, 0.3) is 10.2 Å². The lowest BCUT2D eigenvalue weighted by Gasteiger charge is -2.29. The normalized spacial score (nSPS) is 20.4. The van der Waals surface area contributed by atoms with Crippen molar-refractivity contribution in [3.8, 4) is 0 Å². The molecule has 0 bridgehead atoms. The lowest BCUT2D eigenvalue weighted by molar-refractivity contribution is 0.0951. The second-order valence-electron chi connectivity index (χ2n) is 6.23. The molecule has 0 radical (unpaired) electrons. The van der Waals surface area contributed by atoms with Crippen molar-refractivity contribution in [2.75, 3.05) is 13.1 Å². The summed E-state index contributed by atoms with van der Waals surface area (Å²) in [7, 11) is 1.91. The van der Waals surface area contributed by atoms with Gasteiger partial charge in [0.15, 0.2) is 0 Å². The molecule has 0 saturated heterocycles. The Balaban J connectivity index is 1.59. The second kappa shape index (κ2) is 5.70. The van der Waals surface area contributed by atoms with Crippen molar-refractivity contribution in [3.63, 3.8) is 0 Å². The van der Waals surface area contributed by atoms with Crippen LogP contribution in [0.4, 0.5) is 0 Å². The van der Waals surface area contributed by atoms with E-state index < -0.39 is 6.10 Å². The van der Waals surface area contributed by atoms with Gasteiger partial charge >= 0.3 is 0 Å². The van der Waals surface area contributed by atoms with Crippen molar-refractivity contribution in [2.45, 2.75) is 25.5 Å². The summed E-state index contributed by atoms with van der Waals surface area (Å²) in [6.45, 7) is 3.73. The van der Waals surface area contributed by atoms with Gasteiger partial charge in [-0.2, -0.15) is 5.10 Å². The number of benzene rings is 1. The fourth-order valence-electron chi connectivity index (χ4n) is 3.39. The summed E-state index contributed by atoms with van der Waals surface area (Å²) in [6.07, 6.45) is 2.41. The van der Waals surface area contributed by atoms with Gasteiger partial charge in [-0.05, 0) is 36.6 Å². The number of aryl methyl sites for hydroxylation is 1. The van der Waals surface area contributed by atoms with E-state index in [2.05, 4.69) is 40.1 Å². The van der Waals surface area contributed by atoms with Gasteiger partial charge < -0.3 is 5.11 Å². The van der Waals surface area contributed by atoms with Gasteiger partial charge in [0.1, 0.15) is 6.10 Å². The topological polar surface area (TPSA) is 54.2 Å². The van der Waals surface area contributed by atoms with Crippen molar-refractivity contribution >= 4 is 21.6 Å². The number of nitrogens with zero attached hydrogens (tertiary/aromatic N) is 4. The minimum atomic E-state index is -0.529. The third kappa shape index (κ3) is 2.67. The average Bonchev–Trinajstić information content (AvgIpc) is 3.12. The Labute approximate surface area is 139 Å². The number of hydrogen-bond acceptors (Lipinski definition) is 5. The number of fused-ring (bicyclic) bond motifs is 2. The summed E-state index contributed by atoms with van der Waals surface area (Å²) in [4.78, 5) is 6.75. The lowest BCUT2D eigenvalue weighted by atomic mass is 10.1. The van der Waals surface area contributed by atoms with Crippen molar-refractivity contribution in [1.82, 2.24) is 19.7 Å². The van der Waals surface area contributed by atoms with E-state index in [1.165, 1.54) is 10.3 Å². The van der Waals surface area contributed by atoms with Crippen molar-refractivity contribution in [2.24, 2.45) is 7.05 Å². The predicted molar refractivity (Wildman–Crippen MR) is 91.5 cm³/mol. The Morgan fingerprint density at radius 3 is 3.13 bits per heavy atom. The van der Waals surface area contributed by atoms with Crippen molar-refractivity contribution < 1.29 is 5.11 Å². The van der Waals surface area contributed by atoms with Crippen LogP contribution in [0.1, 0.15) is 35.9 Å². The molecule has 4 rings (SSSR count). The maximum atomic E-state index is 10.5. The van der Waals surface area contributed by atoms with Gasteiger partial charge in [0.25, 0.3) is 0 Å². The van der Waals surface area contributed by atoms with Gasteiger partial charge in [-0.3, -0.25) is 9.58 Å². The van der Waals surface area contributed by atoms with E-state index >= 15 is 0 Å². The molecule has 2 unspecified atom stereocenters. The molecule has 6 heteroatoms. The SMILES string of the molecule is CC(c1ccc2scnc2c1)N1CCc2cn(C)nc2C(O)C1. The molecule has 1 aromatic carbocycles. The molecule has 1 aliphatic heterocycles. The smallest absolute Gasteiger partial charge is 0.111 e. The number of aliphatic hydroxyl groups excluding tert-OH is 1. The van der Waals surface area contributed by atoms with Gasteiger partial charge in [0.05, 0.1) is 21.4 Å². The van der Waals surface area contributed by atoms with Crippen LogP contribution >= 0.6 is 11.3 Å². The molecule has 0 aliphatic carbocycles. The molecule has 0 saturated carbocycles. The van der Waals surface area contributed by atoms with Crippen LogP contribution in [0, 0.1) is 0 Å². The zero-order valence-corrected chi connectivity index (χ0v) is 14.1. The number of aliphatic hydroxyl groups is 1. The Morgan fingerprint density at radius 2 is 2.26 bits per heavy atom. The molecule has 120 valence electrons. The highest BCUT2D eigenvalue weighted by Gasteiger charge is 2.27. The molecule has 1 aliphatic rings. The first-order valence-electron chi connectivity index (χ1n) is 7.89. The Kier molecular flexibility index (Phi) is 3.67. The van der Waals surface area contributed by atoms with E-state index in [-0.39, 0.29) is 6.04 Å². The van der Waals surface area contributed by atoms with E-state index in [0.29, 0.717) is 6.54 Å². The maximum absolute atomic E-state index is 10.5. The number of rotatable bonds is 2. The van der Waals surface area contributed by atoms with Crippen LogP contribution in [0.15, 0.2) is 29.9 Å². The quantitative estimate of drug-likeness (QED) is 0.786. The minimum Gasteiger partial charge on any atom is -0.385 e. The highest BCUT2D eigenvalue weighted by atomic mass is 32.1. The van der Waals surface area contributed by atoms with Crippen LogP contribution in [-0.2, 0) is 13.5 Å². The van der Waals surface area contributed by atoms with Gasteiger partial charge in [0, 0.05) is 32.4 Å². The molecule has 0 amide bonds. The summed E-state index contributed by atoms with van der Waals surface area (Å²) < 4.78 is 3.01. The van der Waals surface area contributed by atoms with Crippen LogP contribution in [0.3, 0.4) is 0 Å². The van der Waals surface area contributed by atoms with E-state index in [4.69, 9.17) is 0 Å². The Bertz CT molecular complexity index is 840. The summed E-state index contributed by atoms with van der Waals surface area (Å²) in [5, 5.41) is 15.0. The van der Waals surface area contributed by atoms with E-state index in [1.54, 1.807) is 16.0 Å². The molecule has 2 atom stereocenters. The zero-order chi connectivity index (χ0) is 16.0. The van der Waals surface area contributed by atoms with Gasteiger partial charge in [-0.1, -0.05) is 6.07 Å². The molecule has 2 aromatic heterocycles. The first-order valence-corrected chi connectivity index (χ1v) is 8.77. The first-order chi connectivity index (χ1) is 11.1. The van der Waals surface area contributed by atoms with E-state index in [9.17, 15) is 5.11 Å². The molecular formula is C17H20N4OS. The highest BCUT2D eigenvalue weighted by molar-refractivity contribution is 7.16. The molecular weight excluding hydrogens is 308 g/mol. The van der Waals surface area contributed by atoms with Crippen molar-refractivity contribution in [1.29, 1.82) is 0 Å². The van der Waals surface area contributed by atoms with Crippen molar-refractivity contribution in [3.05, 3.63) is 46.7 Å². The predicted octanol–water partition coefficient (Wildman–Crippen LogP) is 2.68. The maximum Gasteiger partial charge on any atom is 0.111 e. The fraction of sp³-hybridized carbons (Fsp3) is 0.412. The summed E-state index contributed by atoms with van der Waals surface area (Å²) in [5.41, 5.74) is 6.18. The van der Waals surface area contributed by atoms with Gasteiger partial charge in [0.2, 0.25) is 0 Å². The molecule has 3 heterocycles. The molecule has 5 nitrogen and oxygen atoms in total. The Morgan fingerprint density at radius 1 is 1.39 bits per heavy atom. The third-order valence-electron chi connectivity index (χ3n) is 4.71. The summed E-state index contributed by atoms with van der Waals surface area (Å²) in [6, 6.07) is 6.73. The van der Waals surface area contributed by atoms with Crippen LogP contribution < -0.4 is 0 Å². The first kappa shape index (κ1) is 14.8. The third-order valence-corrected chi connectivity index (χ3v) is 5.52. The van der Waals surface area contributed by atoms with Crippen LogP contribution in [0.2, 0.25) is 0 Å². The molecule has 0 spiro atoms. The largest absolute Gasteiger partial charge is 0.385 e. The summed E-state index contributed by atoms with van der Waals surface area (Å²) in [5.74, 6) is 0. The minimum absolute atomic E-state index is 0.244. The standard InChI is InChI=1S/C17H20N4OS/c1-11(12-3-4-16-14(7-12)18-10-23-16)21-6-5-13-8-20(2)19-17(13)15(22)9-21/h3-4,7-8,10-11,15,22H,5-6,9H2,1-2H3. The van der Waals surface area contributed by atoms with E-state index in [0.717, 1.165) is 29.7 Å². The highest BCUT2D eigenvalue weighted by Crippen LogP contribution is 2.30. The second-order valence-corrected chi connectivity index (χ2v) is 7.12. The summed E-state index contributed by atoms with van der Waals surface area (Å²) >= 11 is 1.67. The fourth-order valence-corrected chi connectivity index (χ4v) is 4.05. The Hall–Kier alpha value is -1.76. The number of hydrogen-bond donors (Lipinski definition) is 1. The van der Waals surface area contributed by atoms with Crippen LogP contribution in [0.5, 0.6) is 0 Å². The van der Waals surface area contributed by atoms with Crippen LogP contribution in [-0.4, -0.2) is 37.9 Å². The van der Waals surface area contributed by atoms with Gasteiger partial charge in [-0.25, -0.2) is 4.98 Å². The van der Waals surface area contributed by atoms with E-state index in [1.807, 2.05) is 18.8 Å². The average molecular weight is 328 g/mol. The lowest BCUT2D eigenvalue weighted by Crippen LogP contribution is -2.31. The monoisotopic (exact) mass is 328 g/mol. The zero-order valence-electron chi connectivity index (χ0n) is 13.3. The van der Waals surface area contributed by atoms with Gasteiger partial charge in [-0.15, -0.1) is 11.3 Å². The molecule has 3 aromatic rings. The number of β-amino-alcohol motifs (C(OH)–C–C–N with tert-alkyl or cyclic N) is 1. The molecule has 23 heavy (non-hydrogen) atoms. The number of thiazole rings is 1. The number of aromatic nitrogens is 3.